The van der Waals surface area contributed by atoms with E-state index >= 15 is 0 Å². The van der Waals surface area contributed by atoms with Gasteiger partial charge in [0.15, 0.2) is 11.4 Å². The Hall–Kier alpha value is -3.67. The summed E-state index contributed by atoms with van der Waals surface area (Å²) < 4.78 is 7.94. The Morgan fingerprint density at radius 2 is 1.86 bits per heavy atom. The molecule has 0 fully saturated rings. The van der Waals surface area contributed by atoms with Crippen molar-refractivity contribution in [2.24, 2.45) is 0 Å². The molecular formula is C22H19N5O. The standard InChI is InChI=1S/C22H19N5O/c1-15(17-11-25-27(13-17)12-16-7-3-2-4-8-16)26-22-21-20(23-14-24-22)18-9-5-6-10-19(18)28-21/h2-11,13-15H,12H2,1H3,(H,23,24,26). The normalized spacial score (nSPS) is 12.5. The molecule has 28 heavy (non-hydrogen) atoms. The van der Waals surface area contributed by atoms with Crippen LogP contribution in [0.3, 0.4) is 0 Å². The number of nitrogens with one attached hydrogen (secondary N) is 1. The lowest BCUT2D eigenvalue weighted by atomic mass is 10.2. The van der Waals surface area contributed by atoms with E-state index in [1.54, 1.807) is 6.33 Å². The Labute approximate surface area is 161 Å². The lowest BCUT2D eigenvalue weighted by molar-refractivity contribution is 0.665. The molecule has 0 radical (unpaired) electrons. The molecule has 1 N–H and O–H groups in total. The zero-order valence-corrected chi connectivity index (χ0v) is 15.4. The molecule has 6 heteroatoms. The van der Waals surface area contributed by atoms with Gasteiger partial charge in [-0.3, -0.25) is 4.68 Å². The molecule has 0 aliphatic carbocycles. The molecule has 1 unspecified atom stereocenters. The first-order chi connectivity index (χ1) is 13.8. The van der Waals surface area contributed by atoms with Crippen LogP contribution in [0.5, 0.6) is 0 Å². The van der Waals surface area contributed by atoms with Gasteiger partial charge in [0.2, 0.25) is 0 Å². The minimum absolute atomic E-state index is 0.0239. The van der Waals surface area contributed by atoms with Gasteiger partial charge in [0.1, 0.15) is 17.4 Å². The number of anilines is 1. The average molecular weight is 369 g/mol. The molecule has 5 rings (SSSR count). The molecule has 0 saturated carbocycles. The second-order valence-corrected chi connectivity index (χ2v) is 6.82. The number of fused-ring (bicyclic) bond motifs is 3. The van der Waals surface area contributed by atoms with Crippen molar-refractivity contribution in [1.82, 2.24) is 19.7 Å². The van der Waals surface area contributed by atoms with Gasteiger partial charge in [-0.25, -0.2) is 9.97 Å². The quantitative estimate of drug-likeness (QED) is 0.482. The van der Waals surface area contributed by atoms with E-state index in [4.69, 9.17) is 4.42 Å². The van der Waals surface area contributed by atoms with Crippen LogP contribution >= 0.6 is 0 Å². The fraction of sp³-hybridized carbons (Fsp3) is 0.136. The van der Waals surface area contributed by atoms with Crippen LogP contribution in [-0.4, -0.2) is 19.7 Å². The lowest BCUT2D eigenvalue weighted by Crippen LogP contribution is -2.08. The number of aromatic nitrogens is 4. The van der Waals surface area contributed by atoms with E-state index in [9.17, 15) is 0 Å². The first-order valence-corrected chi connectivity index (χ1v) is 9.23. The zero-order valence-electron chi connectivity index (χ0n) is 15.4. The van der Waals surface area contributed by atoms with Gasteiger partial charge in [0, 0.05) is 17.1 Å². The summed E-state index contributed by atoms with van der Waals surface area (Å²) in [6, 6.07) is 18.2. The summed E-state index contributed by atoms with van der Waals surface area (Å²) in [4.78, 5) is 8.80. The first-order valence-electron chi connectivity index (χ1n) is 9.23. The van der Waals surface area contributed by atoms with Crippen LogP contribution in [0.1, 0.15) is 24.1 Å². The summed E-state index contributed by atoms with van der Waals surface area (Å²) in [6.45, 7) is 2.83. The lowest BCUT2D eigenvalue weighted by Gasteiger charge is -2.12. The highest BCUT2D eigenvalue weighted by molar-refractivity contribution is 6.05. The van der Waals surface area contributed by atoms with E-state index in [0.717, 1.165) is 28.6 Å². The maximum atomic E-state index is 6.00. The number of hydrogen-bond donors (Lipinski definition) is 1. The number of nitrogens with zero attached hydrogens (tertiary/aromatic N) is 4. The van der Waals surface area contributed by atoms with Crippen molar-refractivity contribution in [1.29, 1.82) is 0 Å². The number of benzene rings is 2. The second kappa shape index (κ2) is 6.81. The fourth-order valence-corrected chi connectivity index (χ4v) is 3.37. The maximum absolute atomic E-state index is 6.00. The van der Waals surface area contributed by atoms with Gasteiger partial charge in [0.25, 0.3) is 0 Å². The zero-order chi connectivity index (χ0) is 18.9. The number of hydrogen-bond acceptors (Lipinski definition) is 5. The van der Waals surface area contributed by atoms with E-state index in [1.807, 2.05) is 53.3 Å². The van der Waals surface area contributed by atoms with Crippen LogP contribution in [0.15, 0.2) is 77.7 Å². The molecule has 0 aliphatic rings. The van der Waals surface area contributed by atoms with Gasteiger partial charge < -0.3 is 9.73 Å². The van der Waals surface area contributed by atoms with Crippen molar-refractivity contribution < 1.29 is 4.42 Å². The van der Waals surface area contributed by atoms with Gasteiger partial charge in [-0.2, -0.15) is 5.10 Å². The van der Waals surface area contributed by atoms with Gasteiger partial charge in [0.05, 0.1) is 18.8 Å². The maximum Gasteiger partial charge on any atom is 0.196 e. The monoisotopic (exact) mass is 369 g/mol. The van der Waals surface area contributed by atoms with Gasteiger partial charge in [-0.05, 0) is 24.6 Å². The Kier molecular flexibility index (Phi) is 4.01. The van der Waals surface area contributed by atoms with E-state index in [1.165, 1.54) is 5.56 Å². The summed E-state index contributed by atoms with van der Waals surface area (Å²) in [7, 11) is 0. The van der Waals surface area contributed by atoms with Crippen LogP contribution in [0.25, 0.3) is 22.1 Å². The van der Waals surface area contributed by atoms with Crippen LogP contribution in [0.2, 0.25) is 0 Å². The average Bonchev–Trinajstić information content (AvgIpc) is 3.34. The number of furan rings is 1. The first kappa shape index (κ1) is 16.5. The molecule has 6 nitrogen and oxygen atoms in total. The fourth-order valence-electron chi connectivity index (χ4n) is 3.37. The highest BCUT2D eigenvalue weighted by atomic mass is 16.3. The molecule has 1 atom stereocenters. The summed E-state index contributed by atoms with van der Waals surface area (Å²) in [5.74, 6) is 0.685. The van der Waals surface area contributed by atoms with Crippen molar-refractivity contribution in [2.75, 3.05) is 5.32 Å². The van der Waals surface area contributed by atoms with E-state index in [0.29, 0.717) is 11.4 Å². The molecule has 0 aliphatic heterocycles. The van der Waals surface area contributed by atoms with Crippen molar-refractivity contribution in [3.05, 3.63) is 84.4 Å². The van der Waals surface area contributed by atoms with E-state index in [-0.39, 0.29) is 6.04 Å². The van der Waals surface area contributed by atoms with Gasteiger partial charge in [-0.15, -0.1) is 0 Å². The third kappa shape index (κ3) is 2.99. The minimum atomic E-state index is 0.0239. The third-order valence-corrected chi connectivity index (χ3v) is 4.85. The molecule has 0 bridgehead atoms. The molecule has 138 valence electrons. The van der Waals surface area contributed by atoms with Gasteiger partial charge >= 0.3 is 0 Å². The van der Waals surface area contributed by atoms with Crippen LogP contribution in [0, 0.1) is 0 Å². The van der Waals surface area contributed by atoms with Crippen molar-refractivity contribution in [3.8, 4) is 0 Å². The molecule has 0 spiro atoms. The Morgan fingerprint density at radius 3 is 2.75 bits per heavy atom. The third-order valence-electron chi connectivity index (χ3n) is 4.85. The van der Waals surface area contributed by atoms with Crippen LogP contribution < -0.4 is 5.32 Å². The van der Waals surface area contributed by atoms with E-state index in [2.05, 4.69) is 45.6 Å². The predicted molar refractivity (Wildman–Crippen MR) is 109 cm³/mol. The summed E-state index contributed by atoms with van der Waals surface area (Å²) in [5, 5.41) is 8.92. The Morgan fingerprint density at radius 1 is 1.04 bits per heavy atom. The molecule has 0 saturated heterocycles. The van der Waals surface area contributed by atoms with Crippen molar-refractivity contribution in [2.45, 2.75) is 19.5 Å². The van der Waals surface area contributed by atoms with E-state index < -0.39 is 0 Å². The molecule has 5 aromatic rings. The summed E-state index contributed by atoms with van der Waals surface area (Å²) >= 11 is 0. The molecule has 3 aromatic heterocycles. The molecule has 0 amide bonds. The summed E-state index contributed by atoms with van der Waals surface area (Å²) in [6.07, 6.45) is 5.51. The Bertz CT molecular complexity index is 1240. The molecule has 2 aromatic carbocycles. The predicted octanol–water partition coefficient (Wildman–Crippen LogP) is 4.79. The number of rotatable bonds is 5. The van der Waals surface area contributed by atoms with Crippen molar-refractivity contribution >= 4 is 27.9 Å². The molecular weight excluding hydrogens is 350 g/mol. The summed E-state index contributed by atoms with van der Waals surface area (Å²) in [5.41, 5.74) is 4.60. The minimum Gasteiger partial charge on any atom is -0.450 e. The van der Waals surface area contributed by atoms with Gasteiger partial charge in [-0.1, -0.05) is 42.5 Å². The molecule has 3 heterocycles. The van der Waals surface area contributed by atoms with Crippen molar-refractivity contribution in [3.63, 3.8) is 0 Å². The van der Waals surface area contributed by atoms with Crippen LogP contribution in [0.4, 0.5) is 5.82 Å². The van der Waals surface area contributed by atoms with Crippen LogP contribution in [-0.2, 0) is 6.54 Å². The smallest absolute Gasteiger partial charge is 0.196 e. The second-order valence-electron chi connectivity index (χ2n) is 6.82. The Balaban J connectivity index is 1.41. The number of para-hydroxylation sites is 1. The topological polar surface area (TPSA) is 68.8 Å². The largest absolute Gasteiger partial charge is 0.450 e. The SMILES string of the molecule is CC(Nc1ncnc2c1oc1ccccc12)c1cnn(Cc2ccccc2)c1. The highest BCUT2D eigenvalue weighted by Gasteiger charge is 2.16. The highest BCUT2D eigenvalue weighted by Crippen LogP contribution is 2.31.